The van der Waals surface area contributed by atoms with Gasteiger partial charge in [-0.15, -0.1) is 0 Å². The van der Waals surface area contributed by atoms with Crippen molar-refractivity contribution in [3.05, 3.63) is 46.6 Å². The number of hydrogen-bond donors (Lipinski definition) is 0. The van der Waals surface area contributed by atoms with Gasteiger partial charge in [0.1, 0.15) is 16.8 Å². The number of nitrogens with zero attached hydrogens (tertiary/aromatic N) is 2. The number of aromatic nitrogens is 2. The molecule has 2 rings (SSSR count). The van der Waals surface area contributed by atoms with Crippen molar-refractivity contribution in [1.29, 1.82) is 0 Å². The fourth-order valence-corrected chi connectivity index (χ4v) is 1.91. The van der Waals surface area contributed by atoms with E-state index < -0.39 is 0 Å². The average molecular weight is 265 g/mol. The van der Waals surface area contributed by atoms with Crippen molar-refractivity contribution in [2.24, 2.45) is 0 Å². The van der Waals surface area contributed by atoms with Crippen molar-refractivity contribution in [2.75, 3.05) is 0 Å². The van der Waals surface area contributed by atoms with Gasteiger partial charge < -0.3 is 0 Å². The van der Waals surface area contributed by atoms with E-state index in [4.69, 9.17) is 11.6 Å². The Bertz CT molecular complexity index is 582. The van der Waals surface area contributed by atoms with E-state index in [1.165, 1.54) is 6.07 Å². The van der Waals surface area contributed by atoms with Crippen LogP contribution in [-0.4, -0.2) is 9.97 Å². The van der Waals surface area contributed by atoms with Crippen molar-refractivity contribution in [1.82, 2.24) is 9.97 Å². The van der Waals surface area contributed by atoms with Crippen LogP contribution in [0.15, 0.2) is 24.3 Å². The lowest BCUT2D eigenvalue weighted by Crippen LogP contribution is -2.00. The summed E-state index contributed by atoms with van der Waals surface area (Å²) in [6.45, 7) is 5.72. The summed E-state index contributed by atoms with van der Waals surface area (Å²) in [6.07, 6.45) is 0. The standard InChI is InChI=1S/C14H14ClFN2/c1-8(2)14-17-12(7-13(15)18-14)10-5-4-6-11(16)9(10)3/h4-8H,1-3H3. The Morgan fingerprint density at radius 1 is 1.22 bits per heavy atom. The Hall–Kier alpha value is -1.48. The first-order valence-electron chi connectivity index (χ1n) is 5.79. The third-order valence-electron chi connectivity index (χ3n) is 2.77. The molecule has 0 atom stereocenters. The van der Waals surface area contributed by atoms with Crippen LogP contribution < -0.4 is 0 Å². The minimum absolute atomic E-state index is 0.177. The van der Waals surface area contributed by atoms with Crippen molar-refractivity contribution in [2.45, 2.75) is 26.7 Å². The summed E-state index contributed by atoms with van der Waals surface area (Å²) in [6, 6.07) is 6.60. The lowest BCUT2D eigenvalue weighted by atomic mass is 10.0. The molecule has 1 aromatic carbocycles. The van der Waals surface area contributed by atoms with Gasteiger partial charge in [0.25, 0.3) is 0 Å². The Kier molecular flexibility index (Phi) is 3.62. The van der Waals surface area contributed by atoms with E-state index in [-0.39, 0.29) is 11.7 Å². The number of hydrogen-bond acceptors (Lipinski definition) is 2. The van der Waals surface area contributed by atoms with Crippen molar-refractivity contribution >= 4 is 11.6 Å². The summed E-state index contributed by atoms with van der Waals surface area (Å²) in [5, 5.41) is 0.382. The van der Waals surface area contributed by atoms with Crippen LogP contribution in [0.5, 0.6) is 0 Å². The molecule has 0 spiro atoms. The summed E-state index contributed by atoms with van der Waals surface area (Å²) in [4.78, 5) is 8.61. The zero-order valence-electron chi connectivity index (χ0n) is 10.5. The smallest absolute Gasteiger partial charge is 0.133 e. The molecule has 2 nitrogen and oxygen atoms in total. The molecule has 0 radical (unpaired) electrons. The molecule has 0 aliphatic heterocycles. The number of benzene rings is 1. The molecule has 1 aromatic heterocycles. The van der Waals surface area contributed by atoms with Gasteiger partial charge >= 0.3 is 0 Å². The first-order valence-corrected chi connectivity index (χ1v) is 6.17. The maximum absolute atomic E-state index is 13.5. The highest BCUT2D eigenvalue weighted by atomic mass is 35.5. The van der Waals surface area contributed by atoms with Crippen molar-refractivity contribution in [3.63, 3.8) is 0 Å². The molecule has 0 aliphatic carbocycles. The van der Waals surface area contributed by atoms with E-state index in [9.17, 15) is 4.39 Å². The minimum Gasteiger partial charge on any atom is -0.233 e. The highest BCUT2D eigenvalue weighted by Crippen LogP contribution is 2.26. The molecule has 94 valence electrons. The second-order valence-corrected chi connectivity index (χ2v) is 4.89. The average Bonchev–Trinajstić information content (AvgIpc) is 2.31. The van der Waals surface area contributed by atoms with Gasteiger partial charge in [0, 0.05) is 17.5 Å². The van der Waals surface area contributed by atoms with Gasteiger partial charge in [-0.3, -0.25) is 0 Å². The molecule has 4 heteroatoms. The molecule has 0 aliphatic rings. The fourth-order valence-electron chi connectivity index (χ4n) is 1.72. The minimum atomic E-state index is -0.242. The predicted octanol–water partition coefficient (Wildman–Crippen LogP) is 4.37. The summed E-state index contributed by atoms with van der Waals surface area (Å²) < 4.78 is 13.5. The van der Waals surface area contributed by atoms with E-state index in [2.05, 4.69) is 9.97 Å². The van der Waals surface area contributed by atoms with Crippen LogP contribution in [0.4, 0.5) is 4.39 Å². The lowest BCUT2D eigenvalue weighted by molar-refractivity contribution is 0.619. The molecule has 1 heterocycles. The van der Waals surface area contributed by atoms with Crippen LogP contribution in [0.3, 0.4) is 0 Å². The SMILES string of the molecule is Cc1c(F)cccc1-c1cc(Cl)nc(C(C)C)n1. The van der Waals surface area contributed by atoms with E-state index in [0.29, 0.717) is 22.2 Å². The van der Waals surface area contributed by atoms with Crippen LogP contribution in [0.1, 0.15) is 31.2 Å². The molecule has 18 heavy (non-hydrogen) atoms. The molecule has 0 saturated carbocycles. The van der Waals surface area contributed by atoms with Crippen LogP contribution in [0.2, 0.25) is 5.15 Å². The largest absolute Gasteiger partial charge is 0.233 e. The number of rotatable bonds is 2. The molecule has 0 bridgehead atoms. The lowest BCUT2D eigenvalue weighted by Gasteiger charge is -2.10. The van der Waals surface area contributed by atoms with Crippen LogP contribution in [-0.2, 0) is 0 Å². The van der Waals surface area contributed by atoms with Crippen LogP contribution in [0.25, 0.3) is 11.3 Å². The maximum Gasteiger partial charge on any atom is 0.133 e. The van der Waals surface area contributed by atoms with E-state index in [1.807, 2.05) is 19.9 Å². The van der Waals surface area contributed by atoms with E-state index in [1.54, 1.807) is 19.1 Å². The Balaban J connectivity index is 2.60. The molecule has 0 amide bonds. The Labute approximate surface area is 111 Å². The van der Waals surface area contributed by atoms with Gasteiger partial charge in [0.05, 0.1) is 5.69 Å². The molecule has 2 aromatic rings. The Morgan fingerprint density at radius 2 is 1.94 bits per heavy atom. The number of halogens is 2. The topological polar surface area (TPSA) is 25.8 Å². The molecule has 0 fully saturated rings. The highest BCUT2D eigenvalue weighted by Gasteiger charge is 2.11. The van der Waals surface area contributed by atoms with Gasteiger partial charge in [0.2, 0.25) is 0 Å². The maximum atomic E-state index is 13.5. The van der Waals surface area contributed by atoms with E-state index >= 15 is 0 Å². The van der Waals surface area contributed by atoms with Crippen molar-refractivity contribution < 1.29 is 4.39 Å². The second kappa shape index (κ2) is 5.02. The van der Waals surface area contributed by atoms with Crippen LogP contribution in [0, 0.1) is 12.7 Å². The second-order valence-electron chi connectivity index (χ2n) is 4.50. The Morgan fingerprint density at radius 3 is 2.61 bits per heavy atom. The zero-order valence-corrected chi connectivity index (χ0v) is 11.3. The zero-order chi connectivity index (χ0) is 13.3. The molecule has 0 N–H and O–H groups in total. The summed E-state index contributed by atoms with van der Waals surface area (Å²) in [7, 11) is 0. The van der Waals surface area contributed by atoms with Crippen LogP contribution >= 0.6 is 11.6 Å². The first-order chi connectivity index (χ1) is 8.49. The monoisotopic (exact) mass is 264 g/mol. The fraction of sp³-hybridized carbons (Fsp3) is 0.286. The van der Waals surface area contributed by atoms with Crippen molar-refractivity contribution in [3.8, 4) is 11.3 Å². The highest BCUT2D eigenvalue weighted by molar-refractivity contribution is 6.29. The first kappa shape index (κ1) is 13.0. The quantitative estimate of drug-likeness (QED) is 0.753. The summed E-state index contributed by atoms with van der Waals surface area (Å²) in [5.41, 5.74) is 1.99. The van der Waals surface area contributed by atoms with Gasteiger partial charge in [-0.05, 0) is 18.6 Å². The van der Waals surface area contributed by atoms with Gasteiger partial charge in [-0.25, -0.2) is 14.4 Å². The molecule has 0 unspecified atom stereocenters. The third-order valence-corrected chi connectivity index (χ3v) is 2.97. The van der Waals surface area contributed by atoms with Gasteiger partial charge in [-0.2, -0.15) is 0 Å². The van der Waals surface area contributed by atoms with E-state index in [0.717, 1.165) is 5.56 Å². The predicted molar refractivity (Wildman–Crippen MR) is 71.3 cm³/mol. The van der Waals surface area contributed by atoms with Gasteiger partial charge in [-0.1, -0.05) is 37.6 Å². The molecule has 0 saturated heterocycles. The normalized spacial score (nSPS) is 11.0. The third kappa shape index (κ3) is 2.51. The van der Waals surface area contributed by atoms with Gasteiger partial charge in [0.15, 0.2) is 0 Å². The molecular formula is C14H14ClFN2. The summed E-state index contributed by atoms with van der Waals surface area (Å²) >= 11 is 5.99. The molecular weight excluding hydrogens is 251 g/mol. The summed E-state index contributed by atoms with van der Waals surface area (Å²) in [5.74, 6) is 0.603.